The maximum absolute atomic E-state index is 13.4. The van der Waals surface area contributed by atoms with Gasteiger partial charge in [-0.25, -0.2) is 9.18 Å². The van der Waals surface area contributed by atoms with E-state index in [0.717, 1.165) is 6.07 Å². The Morgan fingerprint density at radius 3 is 2.48 bits per heavy atom. The van der Waals surface area contributed by atoms with Gasteiger partial charge in [-0.15, -0.1) is 0 Å². The fraction of sp³-hybridized carbons (Fsp3) is 0.0476. The number of aromatic hydroxyl groups is 1. The molecule has 0 bridgehead atoms. The number of phenolic OH excluding ortho intramolecular Hbond substituents is 1. The average molecular weight is 466 g/mol. The topological polar surface area (TPSA) is 107 Å². The molecule has 0 saturated carbocycles. The van der Waals surface area contributed by atoms with Crippen LogP contribution in [0.3, 0.4) is 0 Å². The molecule has 0 aliphatic carbocycles. The predicted molar refractivity (Wildman–Crippen MR) is 111 cm³/mol. The summed E-state index contributed by atoms with van der Waals surface area (Å²) >= 11 is 12.3. The number of anilines is 1. The molecule has 0 aromatic heterocycles. The van der Waals surface area contributed by atoms with Crippen molar-refractivity contribution in [1.29, 1.82) is 0 Å². The highest BCUT2D eigenvalue weighted by Crippen LogP contribution is 2.42. The van der Waals surface area contributed by atoms with Crippen LogP contribution in [0.5, 0.6) is 17.2 Å². The molecule has 0 radical (unpaired) electrons. The van der Waals surface area contributed by atoms with Gasteiger partial charge < -0.3 is 14.9 Å². The first-order valence-electron chi connectivity index (χ1n) is 8.66. The van der Waals surface area contributed by atoms with Gasteiger partial charge in [-0.3, -0.25) is 10.0 Å². The largest absolute Gasteiger partial charge is 0.508 e. The fourth-order valence-corrected chi connectivity index (χ4v) is 3.26. The molecule has 3 aromatic carbocycles. The van der Waals surface area contributed by atoms with E-state index in [4.69, 9.17) is 33.0 Å². The van der Waals surface area contributed by atoms with E-state index in [-0.39, 0.29) is 44.5 Å². The summed E-state index contributed by atoms with van der Waals surface area (Å²) in [5, 5.41) is 28.3. The smallest absolute Gasteiger partial charge is 0.397 e. The highest BCUT2D eigenvalue weighted by molar-refractivity contribution is 6.41. The normalized spacial score (nSPS) is 10.6. The molecule has 10 heteroatoms. The van der Waals surface area contributed by atoms with Gasteiger partial charge in [0.2, 0.25) is 0 Å². The number of hydroxylamine groups is 1. The standard InChI is InChI=1S/C21H14Cl2FNO6/c22-15-5-6-16(25(30)20(27)21(28)29)18(23)19(15)31-14-4-7-17(26)12(10-14)8-11-2-1-3-13(24)9-11/h1-7,9-10,26,30H,8H2,(H,28,29). The zero-order valence-electron chi connectivity index (χ0n) is 15.6. The zero-order valence-corrected chi connectivity index (χ0v) is 17.1. The van der Waals surface area contributed by atoms with E-state index in [1.54, 1.807) is 12.1 Å². The minimum Gasteiger partial charge on any atom is -0.508 e. The van der Waals surface area contributed by atoms with Gasteiger partial charge in [0.25, 0.3) is 0 Å². The molecule has 3 rings (SSSR count). The summed E-state index contributed by atoms with van der Waals surface area (Å²) in [7, 11) is 0. The second-order valence-electron chi connectivity index (χ2n) is 6.33. The number of carboxylic acid groups (broad SMARTS) is 1. The molecule has 1 amide bonds. The van der Waals surface area contributed by atoms with Crippen LogP contribution in [0.1, 0.15) is 11.1 Å². The van der Waals surface area contributed by atoms with E-state index >= 15 is 0 Å². The van der Waals surface area contributed by atoms with Crippen LogP contribution in [0, 0.1) is 5.82 Å². The van der Waals surface area contributed by atoms with Crippen LogP contribution >= 0.6 is 23.2 Å². The van der Waals surface area contributed by atoms with Crippen LogP contribution in [0.15, 0.2) is 54.6 Å². The maximum Gasteiger partial charge on any atom is 0.397 e. The lowest BCUT2D eigenvalue weighted by molar-refractivity contribution is -0.151. The third-order valence-corrected chi connectivity index (χ3v) is 4.85. The molecule has 3 N–H and O–H groups in total. The molecule has 0 unspecified atom stereocenters. The fourth-order valence-electron chi connectivity index (χ4n) is 2.73. The molecule has 7 nitrogen and oxygen atoms in total. The molecule has 160 valence electrons. The number of ether oxygens (including phenoxy) is 1. The number of halogens is 3. The van der Waals surface area contributed by atoms with Crippen LogP contribution in [-0.2, 0) is 16.0 Å². The molecular formula is C21H14Cl2FNO6. The SMILES string of the molecule is O=C(O)C(=O)N(O)c1ccc(Cl)c(Oc2ccc(O)c(Cc3cccc(F)c3)c2)c1Cl. The molecule has 31 heavy (non-hydrogen) atoms. The van der Waals surface area contributed by atoms with Gasteiger partial charge >= 0.3 is 11.9 Å². The van der Waals surface area contributed by atoms with Crippen molar-refractivity contribution >= 4 is 40.8 Å². The van der Waals surface area contributed by atoms with Gasteiger partial charge in [0, 0.05) is 12.0 Å². The lowest BCUT2D eigenvalue weighted by Gasteiger charge is -2.18. The van der Waals surface area contributed by atoms with Crippen molar-refractivity contribution in [2.45, 2.75) is 6.42 Å². The van der Waals surface area contributed by atoms with Gasteiger partial charge in [0.05, 0.1) is 10.7 Å². The Morgan fingerprint density at radius 1 is 1.06 bits per heavy atom. The third kappa shape index (κ3) is 5.05. The number of amides is 1. The number of carbonyl (C=O) groups excluding carboxylic acids is 1. The third-order valence-electron chi connectivity index (χ3n) is 4.19. The summed E-state index contributed by atoms with van der Waals surface area (Å²) in [6, 6.07) is 12.5. The van der Waals surface area contributed by atoms with E-state index in [1.807, 2.05) is 0 Å². The zero-order chi connectivity index (χ0) is 22.7. The van der Waals surface area contributed by atoms with Crippen molar-refractivity contribution in [3.8, 4) is 17.2 Å². The first-order valence-corrected chi connectivity index (χ1v) is 9.41. The molecular weight excluding hydrogens is 452 g/mol. The van der Waals surface area contributed by atoms with Crippen molar-refractivity contribution in [2.24, 2.45) is 0 Å². The predicted octanol–water partition coefficient (Wildman–Crippen LogP) is 5.03. The Bertz CT molecular complexity index is 1170. The summed E-state index contributed by atoms with van der Waals surface area (Å²) in [6.07, 6.45) is 0.208. The summed E-state index contributed by atoms with van der Waals surface area (Å²) in [4.78, 5) is 22.3. The van der Waals surface area contributed by atoms with Gasteiger partial charge in [0.15, 0.2) is 5.75 Å². The lowest BCUT2D eigenvalue weighted by Crippen LogP contribution is -2.33. The Labute approximate surface area is 185 Å². The Balaban J connectivity index is 1.93. The van der Waals surface area contributed by atoms with Gasteiger partial charge in [-0.05, 0) is 48.0 Å². The molecule has 0 aliphatic heterocycles. The quantitative estimate of drug-likeness (QED) is 0.277. The van der Waals surface area contributed by atoms with Crippen LogP contribution in [0.2, 0.25) is 10.0 Å². The Kier molecular flexibility index (Phi) is 6.65. The van der Waals surface area contributed by atoms with E-state index in [9.17, 15) is 24.3 Å². The van der Waals surface area contributed by atoms with Crippen LogP contribution in [-0.4, -0.2) is 27.3 Å². The highest BCUT2D eigenvalue weighted by atomic mass is 35.5. The summed E-state index contributed by atoms with van der Waals surface area (Å²) < 4.78 is 19.1. The summed E-state index contributed by atoms with van der Waals surface area (Å²) in [6.45, 7) is 0. The second kappa shape index (κ2) is 9.22. The summed E-state index contributed by atoms with van der Waals surface area (Å²) in [5.74, 6) is -3.94. The monoisotopic (exact) mass is 465 g/mol. The van der Waals surface area contributed by atoms with Gasteiger partial charge in [-0.2, -0.15) is 5.06 Å². The van der Waals surface area contributed by atoms with Crippen LogP contribution < -0.4 is 9.80 Å². The molecule has 3 aromatic rings. The van der Waals surface area contributed by atoms with E-state index in [2.05, 4.69) is 0 Å². The Morgan fingerprint density at radius 2 is 1.81 bits per heavy atom. The number of benzene rings is 3. The van der Waals surface area contributed by atoms with Gasteiger partial charge in [-0.1, -0.05) is 35.3 Å². The number of carbonyl (C=O) groups is 2. The van der Waals surface area contributed by atoms with E-state index in [0.29, 0.717) is 11.1 Å². The van der Waals surface area contributed by atoms with Crippen LogP contribution in [0.4, 0.5) is 10.1 Å². The lowest BCUT2D eigenvalue weighted by atomic mass is 10.0. The van der Waals surface area contributed by atoms with Crippen LogP contribution in [0.25, 0.3) is 0 Å². The van der Waals surface area contributed by atoms with Crippen molar-refractivity contribution in [2.75, 3.05) is 5.06 Å². The number of hydrogen-bond acceptors (Lipinski definition) is 5. The molecule has 0 saturated heterocycles. The van der Waals surface area contributed by atoms with E-state index in [1.165, 1.54) is 36.4 Å². The van der Waals surface area contributed by atoms with Gasteiger partial charge in [0.1, 0.15) is 22.3 Å². The van der Waals surface area contributed by atoms with Crippen molar-refractivity contribution in [1.82, 2.24) is 0 Å². The first kappa shape index (κ1) is 22.4. The number of nitrogens with zero attached hydrogens (tertiary/aromatic N) is 1. The second-order valence-corrected chi connectivity index (χ2v) is 7.12. The minimum absolute atomic E-state index is 0.0182. The summed E-state index contributed by atoms with van der Waals surface area (Å²) in [5.41, 5.74) is 0.692. The van der Waals surface area contributed by atoms with Crippen molar-refractivity contribution in [3.05, 3.63) is 81.6 Å². The molecule has 0 spiro atoms. The molecule has 0 fully saturated rings. The number of phenols is 1. The first-order chi connectivity index (χ1) is 14.7. The molecule has 0 aliphatic rings. The maximum atomic E-state index is 13.4. The number of rotatable bonds is 5. The number of hydrogen-bond donors (Lipinski definition) is 3. The average Bonchev–Trinajstić information content (AvgIpc) is 2.72. The minimum atomic E-state index is -1.89. The Hall–Kier alpha value is -3.33. The van der Waals surface area contributed by atoms with Crippen molar-refractivity contribution < 1.29 is 34.1 Å². The molecule has 0 heterocycles. The van der Waals surface area contributed by atoms with Crippen molar-refractivity contribution in [3.63, 3.8) is 0 Å². The number of aliphatic carboxylic acids is 1. The molecule has 0 atom stereocenters. The number of carboxylic acids is 1. The highest BCUT2D eigenvalue weighted by Gasteiger charge is 2.25. The van der Waals surface area contributed by atoms with E-state index < -0.39 is 17.7 Å².